The Hall–Kier alpha value is -2.16. The second-order valence-electron chi connectivity index (χ2n) is 6.27. The highest BCUT2D eigenvalue weighted by atomic mass is 15.2. The number of fused-ring (bicyclic) bond motifs is 1. The molecule has 0 atom stereocenters. The largest absolute Gasteiger partial charge is 0.347 e. The van der Waals surface area contributed by atoms with Gasteiger partial charge in [-0.15, -0.1) is 0 Å². The number of benzene rings is 1. The van der Waals surface area contributed by atoms with Gasteiger partial charge in [0.25, 0.3) is 0 Å². The third kappa shape index (κ3) is 2.13. The molecule has 3 nitrogen and oxygen atoms in total. The second kappa shape index (κ2) is 4.69. The lowest BCUT2D eigenvalue weighted by Gasteiger charge is -2.23. The Bertz CT molecular complexity index is 729. The molecular weight excluding hydrogens is 258 g/mol. The van der Waals surface area contributed by atoms with E-state index in [1.165, 1.54) is 16.9 Å². The first-order chi connectivity index (χ1) is 9.91. The third-order valence-electron chi connectivity index (χ3n) is 4.40. The normalized spacial score (nSPS) is 18.1. The van der Waals surface area contributed by atoms with E-state index in [1.807, 2.05) is 20.0 Å². The van der Waals surface area contributed by atoms with Crippen LogP contribution in [0.3, 0.4) is 0 Å². The molecule has 0 saturated carbocycles. The summed E-state index contributed by atoms with van der Waals surface area (Å²) in [5.41, 5.74) is 4.95. The highest BCUT2D eigenvalue weighted by molar-refractivity contribution is 5.74. The average molecular weight is 280 g/mol. The van der Waals surface area contributed by atoms with Gasteiger partial charge in [0.2, 0.25) is 0 Å². The van der Waals surface area contributed by atoms with Gasteiger partial charge in [-0.25, -0.2) is 4.57 Å². The van der Waals surface area contributed by atoms with Crippen molar-refractivity contribution in [3.63, 3.8) is 0 Å². The van der Waals surface area contributed by atoms with Crippen molar-refractivity contribution in [2.45, 2.75) is 26.2 Å². The van der Waals surface area contributed by atoms with E-state index >= 15 is 0 Å². The fourth-order valence-electron chi connectivity index (χ4n) is 3.11. The zero-order chi connectivity index (χ0) is 15.2. The van der Waals surface area contributed by atoms with Gasteiger partial charge in [-0.2, -0.15) is 0 Å². The maximum absolute atomic E-state index is 4.66. The van der Waals surface area contributed by atoms with Crippen LogP contribution in [-0.2, 0) is 12.5 Å². The lowest BCUT2D eigenvalue weighted by atomic mass is 9.84. The monoisotopic (exact) mass is 280 g/mol. The van der Waals surface area contributed by atoms with Crippen LogP contribution >= 0.6 is 0 Å². The maximum atomic E-state index is 4.66. The van der Waals surface area contributed by atoms with E-state index < -0.39 is 0 Å². The predicted octanol–water partition coefficient (Wildman–Crippen LogP) is 2.98. The van der Waals surface area contributed by atoms with Crippen LogP contribution in [0.15, 0.2) is 42.2 Å². The Morgan fingerprint density at radius 3 is 2.62 bits per heavy atom. The quantitative estimate of drug-likeness (QED) is 0.748. The number of nitrogens with zero attached hydrogens (tertiary/aromatic N) is 3. The summed E-state index contributed by atoms with van der Waals surface area (Å²) < 4.78 is 2.06. The van der Waals surface area contributed by atoms with Crippen molar-refractivity contribution in [3.8, 4) is 0 Å². The number of anilines is 1. The minimum absolute atomic E-state index is 0.0101. The van der Waals surface area contributed by atoms with Gasteiger partial charge in [0.1, 0.15) is 0 Å². The van der Waals surface area contributed by atoms with Crippen molar-refractivity contribution >= 4 is 11.8 Å². The van der Waals surface area contributed by atoms with Gasteiger partial charge < -0.3 is 4.90 Å². The van der Waals surface area contributed by atoms with Crippen LogP contribution in [0.4, 0.5) is 5.69 Å². The molecule has 0 spiro atoms. The van der Waals surface area contributed by atoms with E-state index in [0.717, 1.165) is 11.5 Å². The number of para-hydroxylation sites is 1. The van der Waals surface area contributed by atoms with Crippen molar-refractivity contribution < 1.29 is 4.57 Å². The minimum atomic E-state index is -0.0101. The molecule has 1 aliphatic rings. The predicted molar refractivity (Wildman–Crippen MR) is 86.0 cm³/mol. The number of hydrogen-bond donors (Lipinski definition) is 0. The third-order valence-corrected chi connectivity index (χ3v) is 4.40. The molecule has 0 amide bonds. The summed E-state index contributed by atoms with van der Waals surface area (Å²) in [5, 5.41) is 0. The van der Waals surface area contributed by atoms with E-state index in [2.05, 4.69) is 71.9 Å². The molecule has 1 aliphatic heterocycles. The van der Waals surface area contributed by atoms with Crippen LogP contribution in [0.5, 0.6) is 0 Å². The van der Waals surface area contributed by atoms with Gasteiger partial charge in [0, 0.05) is 36.8 Å². The summed E-state index contributed by atoms with van der Waals surface area (Å²) in [5.74, 6) is 0.984. The number of likely N-dealkylation sites (N-methyl/N-ethyl adjacent to an activating group) is 1. The van der Waals surface area contributed by atoms with Crippen LogP contribution in [0.1, 0.15) is 30.9 Å². The van der Waals surface area contributed by atoms with E-state index in [-0.39, 0.29) is 5.41 Å². The van der Waals surface area contributed by atoms with Crippen molar-refractivity contribution in [2.24, 2.45) is 7.05 Å². The van der Waals surface area contributed by atoms with Gasteiger partial charge in [-0.3, -0.25) is 0 Å². The molecule has 0 saturated heterocycles. The van der Waals surface area contributed by atoms with E-state index in [9.17, 15) is 0 Å². The van der Waals surface area contributed by atoms with Gasteiger partial charge in [-0.05, 0) is 16.6 Å². The molecule has 2 heterocycles. The smallest absolute Gasteiger partial charge is 0.324 e. The van der Waals surface area contributed by atoms with Gasteiger partial charge in [-0.1, -0.05) is 32.0 Å². The summed E-state index contributed by atoms with van der Waals surface area (Å²) in [6.07, 6.45) is 4.26. The lowest BCUT2D eigenvalue weighted by Crippen LogP contribution is -2.34. The number of rotatable bonds is 1. The zero-order valence-electron chi connectivity index (χ0n) is 13.4. The van der Waals surface area contributed by atoms with Crippen molar-refractivity contribution in [1.29, 1.82) is 0 Å². The first-order valence-corrected chi connectivity index (χ1v) is 7.30. The molecule has 0 unspecified atom stereocenters. The molecule has 1 aromatic heterocycles. The molecule has 3 rings (SSSR count). The second-order valence-corrected chi connectivity index (χ2v) is 6.27. The molecule has 0 bridgehead atoms. The number of aromatic nitrogens is 2. The Balaban J connectivity index is 2.16. The summed E-state index contributed by atoms with van der Waals surface area (Å²) in [6, 6.07) is 10.6. The molecule has 1 aromatic carbocycles. The van der Waals surface area contributed by atoms with Crippen molar-refractivity contribution in [2.75, 3.05) is 11.9 Å². The number of hydrogen-bond acceptors (Lipinski definition) is 2. The standard InChI is InChI=1S/C18H22N3/c1-13-10-11-20(4)17(19-13)12-16-18(2,3)14-8-6-7-9-15(14)21(16)5/h6-12H,1-5H3/q+1. The minimum Gasteiger partial charge on any atom is -0.347 e. The number of aryl methyl sites for hydroxylation is 2. The van der Waals surface area contributed by atoms with Crippen LogP contribution in [-0.4, -0.2) is 12.0 Å². The lowest BCUT2D eigenvalue weighted by molar-refractivity contribution is -0.676. The first kappa shape index (κ1) is 13.8. The fourth-order valence-corrected chi connectivity index (χ4v) is 3.11. The van der Waals surface area contributed by atoms with E-state index in [4.69, 9.17) is 0 Å². The van der Waals surface area contributed by atoms with Crippen LogP contribution in [0.2, 0.25) is 0 Å². The van der Waals surface area contributed by atoms with Crippen LogP contribution in [0, 0.1) is 6.92 Å². The molecule has 21 heavy (non-hydrogen) atoms. The molecule has 0 aliphatic carbocycles. The fraction of sp³-hybridized carbons (Fsp3) is 0.333. The topological polar surface area (TPSA) is 20.0 Å². The van der Waals surface area contributed by atoms with Gasteiger partial charge in [0.15, 0.2) is 5.69 Å². The van der Waals surface area contributed by atoms with E-state index in [1.54, 1.807) is 0 Å². The first-order valence-electron chi connectivity index (χ1n) is 7.30. The average Bonchev–Trinajstić information content (AvgIpc) is 2.64. The van der Waals surface area contributed by atoms with Crippen molar-refractivity contribution in [1.82, 2.24) is 4.98 Å². The molecule has 0 fully saturated rings. The van der Waals surface area contributed by atoms with Crippen LogP contribution in [0.25, 0.3) is 6.08 Å². The SMILES string of the molecule is Cc1cc[n+](C)c(C=C2N(C)c3ccccc3C2(C)C)n1. The molecular formula is C18H22N3+. The van der Waals surface area contributed by atoms with Gasteiger partial charge in [0.05, 0.1) is 19.3 Å². The Labute approximate surface area is 126 Å². The summed E-state index contributed by atoms with van der Waals surface area (Å²) >= 11 is 0. The molecule has 2 aromatic rings. The Kier molecular flexibility index (Phi) is 3.08. The van der Waals surface area contributed by atoms with Crippen LogP contribution < -0.4 is 9.47 Å². The molecule has 3 heteroatoms. The molecule has 0 N–H and O–H groups in total. The Morgan fingerprint density at radius 1 is 1.19 bits per heavy atom. The zero-order valence-corrected chi connectivity index (χ0v) is 13.4. The maximum Gasteiger partial charge on any atom is 0.324 e. The summed E-state index contributed by atoms with van der Waals surface area (Å²) in [4.78, 5) is 6.94. The number of allylic oxidation sites excluding steroid dienone is 1. The van der Waals surface area contributed by atoms with Crippen molar-refractivity contribution in [3.05, 3.63) is 59.3 Å². The highest BCUT2D eigenvalue weighted by Gasteiger charge is 2.38. The van der Waals surface area contributed by atoms with Gasteiger partial charge >= 0.3 is 5.82 Å². The summed E-state index contributed by atoms with van der Waals surface area (Å²) in [7, 11) is 4.17. The highest BCUT2D eigenvalue weighted by Crippen LogP contribution is 2.46. The molecule has 108 valence electrons. The summed E-state index contributed by atoms with van der Waals surface area (Å²) in [6.45, 7) is 6.58. The van der Waals surface area contributed by atoms with E-state index in [0.29, 0.717) is 0 Å². The Morgan fingerprint density at radius 2 is 1.90 bits per heavy atom. The molecule has 0 radical (unpaired) electrons.